The number of carbonyl (C=O) groups is 2. The van der Waals surface area contributed by atoms with Crippen LogP contribution in [0.1, 0.15) is 17.3 Å². The molecule has 0 fully saturated rings. The van der Waals surface area contributed by atoms with Gasteiger partial charge in [0.25, 0.3) is 5.91 Å². The minimum Gasteiger partial charge on any atom is -0.496 e. The van der Waals surface area contributed by atoms with Gasteiger partial charge in [0.2, 0.25) is 0 Å². The molecule has 0 saturated carbocycles. The van der Waals surface area contributed by atoms with Crippen LogP contribution in [-0.2, 0) is 9.53 Å². The summed E-state index contributed by atoms with van der Waals surface area (Å²) in [7, 11) is 1.52. The van der Waals surface area contributed by atoms with Crippen LogP contribution < -0.4 is 10.1 Å². The van der Waals surface area contributed by atoms with Gasteiger partial charge in [-0.1, -0.05) is 11.6 Å². The Hall–Kier alpha value is -2.12. The van der Waals surface area contributed by atoms with Crippen molar-refractivity contribution >= 4 is 45.1 Å². The zero-order chi connectivity index (χ0) is 17.7. The van der Waals surface area contributed by atoms with Crippen molar-refractivity contribution in [1.29, 1.82) is 0 Å². The van der Waals surface area contributed by atoms with Crippen LogP contribution in [0.5, 0.6) is 5.75 Å². The van der Waals surface area contributed by atoms with Gasteiger partial charge in [0.15, 0.2) is 11.3 Å². The maximum atomic E-state index is 12.1. The summed E-state index contributed by atoms with van der Waals surface area (Å²) in [6.45, 7) is 1.47. The summed E-state index contributed by atoms with van der Waals surface area (Å²) in [6, 6.07) is 7.97. The van der Waals surface area contributed by atoms with Gasteiger partial charge in [0, 0.05) is 6.20 Å². The van der Waals surface area contributed by atoms with Crippen LogP contribution in [0.4, 0.5) is 5.69 Å². The minimum absolute atomic E-state index is 0.156. The van der Waals surface area contributed by atoms with E-state index in [-0.39, 0.29) is 5.15 Å². The van der Waals surface area contributed by atoms with Crippen molar-refractivity contribution in [3.05, 3.63) is 51.7 Å². The largest absolute Gasteiger partial charge is 0.496 e. The number of carbonyl (C=O) groups excluding carboxylic acids is 2. The second-order valence-corrected chi connectivity index (χ2v) is 5.94. The fourth-order valence-corrected chi connectivity index (χ4v) is 2.50. The van der Waals surface area contributed by atoms with Crippen LogP contribution in [0.2, 0.25) is 5.15 Å². The number of hydrogen-bond acceptors (Lipinski definition) is 5. The first-order valence-electron chi connectivity index (χ1n) is 6.88. The van der Waals surface area contributed by atoms with Gasteiger partial charge >= 0.3 is 5.97 Å². The molecule has 1 amide bonds. The van der Waals surface area contributed by atoms with Crippen LogP contribution in [0.25, 0.3) is 0 Å². The third kappa shape index (κ3) is 4.46. The molecule has 1 aromatic heterocycles. The first-order chi connectivity index (χ1) is 11.4. The van der Waals surface area contributed by atoms with E-state index in [4.69, 9.17) is 21.1 Å². The number of rotatable bonds is 5. The molecular formula is C16H14BrClN2O4. The summed E-state index contributed by atoms with van der Waals surface area (Å²) >= 11 is 9.16. The van der Waals surface area contributed by atoms with Crippen molar-refractivity contribution < 1.29 is 19.1 Å². The monoisotopic (exact) mass is 412 g/mol. The molecular weight excluding hydrogens is 400 g/mol. The molecule has 24 heavy (non-hydrogen) atoms. The number of halogens is 2. The predicted octanol–water partition coefficient (Wildman–Crippen LogP) is 3.69. The first-order valence-corrected chi connectivity index (χ1v) is 8.05. The molecule has 2 aromatic rings. The number of esters is 1. The highest BCUT2D eigenvalue weighted by atomic mass is 79.9. The number of pyridine rings is 1. The van der Waals surface area contributed by atoms with Gasteiger partial charge in [-0.05, 0) is 53.2 Å². The maximum absolute atomic E-state index is 12.1. The van der Waals surface area contributed by atoms with Gasteiger partial charge in [-0.15, -0.1) is 0 Å². The highest BCUT2D eigenvalue weighted by Gasteiger charge is 2.20. The van der Waals surface area contributed by atoms with E-state index in [1.165, 1.54) is 20.2 Å². The third-order valence-corrected chi connectivity index (χ3v) is 3.98. The Morgan fingerprint density at radius 1 is 1.33 bits per heavy atom. The number of ether oxygens (including phenoxy) is 2. The van der Waals surface area contributed by atoms with Crippen molar-refractivity contribution in [2.45, 2.75) is 13.0 Å². The highest BCUT2D eigenvalue weighted by molar-refractivity contribution is 9.10. The molecule has 8 heteroatoms. The average Bonchev–Trinajstić information content (AvgIpc) is 2.56. The zero-order valence-corrected chi connectivity index (χ0v) is 15.2. The summed E-state index contributed by atoms with van der Waals surface area (Å²) in [5.41, 5.74) is 0.640. The molecule has 0 aliphatic carbocycles. The second kappa shape index (κ2) is 8.12. The number of methoxy groups -OCH3 is 1. The minimum atomic E-state index is -1.00. The molecule has 2 rings (SSSR count). The van der Waals surface area contributed by atoms with E-state index in [1.54, 1.807) is 30.3 Å². The molecule has 0 saturated heterocycles. The predicted molar refractivity (Wildman–Crippen MR) is 93.4 cm³/mol. The first kappa shape index (κ1) is 18.2. The number of amides is 1. The summed E-state index contributed by atoms with van der Waals surface area (Å²) < 4.78 is 10.9. The highest BCUT2D eigenvalue weighted by Crippen LogP contribution is 2.26. The Morgan fingerprint density at radius 3 is 2.71 bits per heavy atom. The molecule has 126 valence electrons. The van der Waals surface area contributed by atoms with Crippen LogP contribution in [-0.4, -0.2) is 30.1 Å². The number of nitrogens with one attached hydrogen (secondary N) is 1. The molecule has 1 N–H and O–H groups in total. The van der Waals surface area contributed by atoms with Crippen molar-refractivity contribution in [3.63, 3.8) is 0 Å². The quantitative estimate of drug-likeness (QED) is 0.597. The van der Waals surface area contributed by atoms with E-state index in [1.807, 2.05) is 0 Å². The molecule has 0 radical (unpaired) electrons. The van der Waals surface area contributed by atoms with E-state index >= 15 is 0 Å². The number of benzene rings is 1. The van der Waals surface area contributed by atoms with Crippen molar-refractivity contribution in [3.8, 4) is 5.75 Å². The van der Waals surface area contributed by atoms with Crippen molar-refractivity contribution in [1.82, 2.24) is 4.98 Å². The average molecular weight is 414 g/mol. The molecule has 0 aliphatic rings. The van der Waals surface area contributed by atoms with Gasteiger partial charge in [0.1, 0.15) is 5.75 Å². The molecule has 6 nitrogen and oxygen atoms in total. The van der Waals surface area contributed by atoms with Crippen LogP contribution in [0, 0.1) is 0 Å². The fraction of sp³-hybridized carbons (Fsp3) is 0.188. The molecule has 0 spiro atoms. The maximum Gasteiger partial charge on any atom is 0.338 e. The smallest absolute Gasteiger partial charge is 0.338 e. The summed E-state index contributed by atoms with van der Waals surface area (Å²) in [4.78, 5) is 28.1. The topological polar surface area (TPSA) is 77.5 Å². The Morgan fingerprint density at radius 2 is 2.08 bits per heavy atom. The van der Waals surface area contributed by atoms with Crippen molar-refractivity contribution in [2.24, 2.45) is 0 Å². The van der Waals surface area contributed by atoms with E-state index in [2.05, 4.69) is 26.2 Å². The SMILES string of the molecule is COc1ccc(C(=O)O[C@H](C)C(=O)Nc2cccnc2Cl)cc1Br. The van der Waals surface area contributed by atoms with Gasteiger partial charge < -0.3 is 14.8 Å². The van der Waals surface area contributed by atoms with Crippen molar-refractivity contribution in [2.75, 3.05) is 12.4 Å². The summed E-state index contributed by atoms with van der Waals surface area (Å²) in [5.74, 6) is -0.548. The number of nitrogens with zero attached hydrogens (tertiary/aromatic N) is 1. The standard InChI is InChI=1S/C16H14BrClN2O4/c1-9(15(21)20-12-4-3-7-19-14(12)18)24-16(22)10-5-6-13(23-2)11(17)8-10/h3-9H,1-2H3,(H,20,21)/t9-/m1/s1. The van der Waals surface area contributed by atoms with Crippen LogP contribution >= 0.6 is 27.5 Å². The summed E-state index contributed by atoms with van der Waals surface area (Å²) in [5, 5.41) is 2.71. The lowest BCUT2D eigenvalue weighted by Crippen LogP contribution is -2.30. The number of aromatic nitrogens is 1. The molecule has 0 bridgehead atoms. The fourth-order valence-electron chi connectivity index (χ4n) is 1.79. The normalized spacial score (nSPS) is 11.5. The van der Waals surface area contributed by atoms with Crippen LogP contribution in [0.15, 0.2) is 41.0 Å². The lowest BCUT2D eigenvalue weighted by molar-refractivity contribution is -0.123. The Bertz CT molecular complexity index is 769. The number of hydrogen-bond donors (Lipinski definition) is 1. The van der Waals surface area contributed by atoms with Gasteiger partial charge in [-0.3, -0.25) is 4.79 Å². The Labute approximate surface area is 152 Å². The molecule has 0 unspecified atom stereocenters. The molecule has 0 aliphatic heterocycles. The zero-order valence-electron chi connectivity index (χ0n) is 12.9. The molecule has 1 aromatic carbocycles. The lowest BCUT2D eigenvalue weighted by Gasteiger charge is -2.14. The number of anilines is 1. The van der Waals surface area contributed by atoms with E-state index in [0.717, 1.165) is 0 Å². The van der Waals surface area contributed by atoms with E-state index in [9.17, 15) is 9.59 Å². The second-order valence-electron chi connectivity index (χ2n) is 4.73. The molecule has 1 heterocycles. The Balaban J connectivity index is 2.02. The van der Waals surface area contributed by atoms with Gasteiger partial charge in [-0.25, -0.2) is 9.78 Å². The van der Waals surface area contributed by atoms with Crippen LogP contribution in [0.3, 0.4) is 0 Å². The summed E-state index contributed by atoms with van der Waals surface area (Å²) in [6.07, 6.45) is 0.498. The van der Waals surface area contributed by atoms with E-state index in [0.29, 0.717) is 21.5 Å². The van der Waals surface area contributed by atoms with Gasteiger partial charge in [-0.2, -0.15) is 0 Å². The third-order valence-electron chi connectivity index (χ3n) is 3.06. The van der Waals surface area contributed by atoms with Gasteiger partial charge in [0.05, 0.1) is 22.8 Å². The lowest BCUT2D eigenvalue weighted by atomic mass is 10.2. The Kier molecular flexibility index (Phi) is 6.16. The molecule has 1 atom stereocenters. The van der Waals surface area contributed by atoms with E-state index < -0.39 is 18.0 Å².